The summed E-state index contributed by atoms with van der Waals surface area (Å²) in [5.74, 6) is 0.506. The minimum atomic E-state index is -0.308. The lowest BCUT2D eigenvalue weighted by Crippen LogP contribution is -2.31. The van der Waals surface area contributed by atoms with Crippen LogP contribution in [0.2, 0.25) is 0 Å². The van der Waals surface area contributed by atoms with E-state index in [2.05, 4.69) is 0 Å². The molecule has 0 aromatic heterocycles. The largest absolute Gasteiger partial charge is 0.496 e. The Morgan fingerprint density at radius 1 is 1.36 bits per heavy atom. The van der Waals surface area contributed by atoms with Crippen LogP contribution in [0.5, 0.6) is 5.75 Å². The quantitative estimate of drug-likeness (QED) is 0.794. The first-order valence-electron chi connectivity index (χ1n) is 7.28. The van der Waals surface area contributed by atoms with E-state index in [0.29, 0.717) is 13.2 Å². The normalized spacial score (nSPS) is 26.5. The van der Waals surface area contributed by atoms with E-state index in [4.69, 9.17) is 14.2 Å². The van der Waals surface area contributed by atoms with Gasteiger partial charge in [0.15, 0.2) is 0 Å². The Morgan fingerprint density at radius 2 is 2.14 bits per heavy atom. The van der Waals surface area contributed by atoms with Crippen molar-refractivity contribution >= 4 is 12.1 Å². The number of benzene rings is 1. The highest BCUT2D eigenvalue weighted by Crippen LogP contribution is 2.44. The zero-order valence-corrected chi connectivity index (χ0v) is 12.7. The van der Waals surface area contributed by atoms with Crippen LogP contribution < -0.4 is 4.74 Å². The predicted molar refractivity (Wildman–Crippen MR) is 77.7 cm³/mol. The number of rotatable bonds is 4. The third kappa shape index (κ3) is 2.38. The second-order valence-electron chi connectivity index (χ2n) is 5.59. The maximum absolute atomic E-state index is 11.8. The van der Waals surface area contributed by atoms with E-state index in [1.54, 1.807) is 12.0 Å². The summed E-state index contributed by atoms with van der Waals surface area (Å²) in [6.07, 6.45) is -0.0472. The molecule has 3 atom stereocenters. The van der Waals surface area contributed by atoms with Gasteiger partial charge in [0.2, 0.25) is 0 Å². The van der Waals surface area contributed by atoms with E-state index in [-0.39, 0.29) is 36.4 Å². The number of esters is 1. The molecule has 1 amide bonds. The second kappa shape index (κ2) is 5.87. The lowest BCUT2D eigenvalue weighted by atomic mass is 9.83. The fourth-order valence-corrected chi connectivity index (χ4v) is 3.50. The van der Waals surface area contributed by atoms with Crippen molar-refractivity contribution in [2.24, 2.45) is 5.92 Å². The molecule has 22 heavy (non-hydrogen) atoms. The van der Waals surface area contributed by atoms with Gasteiger partial charge < -0.3 is 19.1 Å². The van der Waals surface area contributed by atoms with E-state index >= 15 is 0 Å². The van der Waals surface area contributed by atoms with Crippen molar-refractivity contribution in [2.45, 2.75) is 18.4 Å². The molecule has 6 heteroatoms. The molecule has 118 valence electrons. The Hall–Kier alpha value is -2.24. The average molecular weight is 305 g/mol. The Bertz CT molecular complexity index is 588. The van der Waals surface area contributed by atoms with Crippen LogP contribution in [0.15, 0.2) is 24.3 Å². The molecular weight excluding hydrogens is 286 g/mol. The van der Waals surface area contributed by atoms with Crippen molar-refractivity contribution in [2.75, 3.05) is 27.4 Å². The summed E-state index contributed by atoms with van der Waals surface area (Å²) >= 11 is 0. The zero-order chi connectivity index (χ0) is 15.7. The lowest BCUT2D eigenvalue weighted by Gasteiger charge is -2.22. The van der Waals surface area contributed by atoms with Crippen molar-refractivity contribution in [1.29, 1.82) is 0 Å². The molecule has 1 aromatic rings. The Morgan fingerprint density at radius 3 is 2.86 bits per heavy atom. The minimum absolute atomic E-state index is 0.0322. The molecule has 2 fully saturated rings. The summed E-state index contributed by atoms with van der Waals surface area (Å²) in [6.45, 7) is 0.859. The monoisotopic (exact) mass is 305 g/mol. The van der Waals surface area contributed by atoms with Crippen molar-refractivity contribution in [3.8, 4) is 5.75 Å². The summed E-state index contributed by atoms with van der Waals surface area (Å²) in [5.41, 5.74) is 1.01. The SMILES string of the molecule is COC(=O)C[C@H]1[C@@H](c2ccccc2OC)CN2C(=O)OC[C@H]12. The van der Waals surface area contributed by atoms with E-state index in [1.807, 2.05) is 24.3 Å². The molecule has 0 N–H and O–H groups in total. The van der Waals surface area contributed by atoms with Crippen LogP contribution in [-0.4, -0.2) is 50.4 Å². The fraction of sp³-hybridized carbons (Fsp3) is 0.500. The molecule has 0 radical (unpaired) electrons. The molecule has 0 unspecified atom stereocenters. The van der Waals surface area contributed by atoms with Crippen LogP contribution in [-0.2, 0) is 14.3 Å². The number of nitrogens with zero attached hydrogens (tertiary/aromatic N) is 1. The minimum Gasteiger partial charge on any atom is -0.496 e. The highest BCUT2D eigenvalue weighted by molar-refractivity contribution is 5.73. The number of amides is 1. The third-order valence-electron chi connectivity index (χ3n) is 4.59. The number of ether oxygens (including phenoxy) is 3. The lowest BCUT2D eigenvalue weighted by molar-refractivity contribution is -0.142. The second-order valence-corrected chi connectivity index (χ2v) is 5.59. The van der Waals surface area contributed by atoms with Gasteiger partial charge in [-0.2, -0.15) is 0 Å². The molecule has 2 aliphatic rings. The topological polar surface area (TPSA) is 65.1 Å². The van der Waals surface area contributed by atoms with Crippen LogP contribution in [0.25, 0.3) is 0 Å². The van der Waals surface area contributed by atoms with Gasteiger partial charge in [-0.05, 0) is 11.6 Å². The number of carbonyl (C=O) groups is 2. The van der Waals surface area contributed by atoms with Gasteiger partial charge in [0.1, 0.15) is 12.4 Å². The maximum atomic E-state index is 11.8. The van der Waals surface area contributed by atoms with E-state index in [0.717, 1.165) is 11.3 Å². The van der Waals surface area contributed by atoms with Crippen molar-refractivity contribution < 1.29 is 23.8 Å². The van der Waals surface area contributed by atoms with Gasteiger partial charge in [-0.15, -0.1) is 0 Å². The van der Waals surface area contributed by atoms with Gasteiger partial charge >= 0.3 is 12.1 Å². The Balaban J connectivity index is 1.94. The van der Waals surface area contributed by atoms with Crippen LogP contribution in [0.3, 0.4) is 0 Å². The molecule has 2 heterocycles. The molecule has 1 aromatic carbocycles. The molecule has 0 aliphatic carbocycles. The number of hydrogen-bond donors (Lipinski definition) is 0. The Labute approximate surface area is 128 Å². The first-order chi connectivity index (χ1) is 10.7. The van der Waals surface area contributed by atoms with Gasteiger partial charge in [0.05, 0.1) is 26.7 Å². The smallest absolute Gasteiger partial charge is 0.410 e. The molecule has 6 nitrogen and oxygen atoms in total. The van der Waals surface area contributed by atoms with Gasteiger partial charge in [-0.1, -0.05) is 18.2 Å². The number of cyclic esters (lactones) is 1. The average Bonchev–Trinajstić information content (AvgIpc) is 3.08. The maximum Gasteiger partial charge on any atom is 0.410 e. The van der Waals surface area contributed by atoms with Gasteiger partial charge in [0.25, 0.3) is 0 Å². The molecule has 0 bridgehead atoms. The first kappa shape index (κ1) is 14.7. The van der Waals surface area contributed by atoms with Gasteiger partial charge in [-0.3, -0.25) is 4.79 Å². The highest BCUT2D eigenvalue weighted by atomic mass is 16.6. The van der Waals surface area contributed by atoms with Crippen LogP contribution in [0, 0.1) is 5.92 Å². The van der Waals surface area contributed by atoms with Crippen LogP contribution >= 0.6 is 0 Å². The number of para-hydroxylation sites is 1. The molecule has 0 saturated carbocycles. The molecule has 2 saturated heterocycles. The highest BCUT2D eigenvalue weighted by Gasteiger charge is 2.50. The van der Waals surface area contributed by atoms with E-state index in [9.17, 15) is 9.59 Å². The summed E-state index contributed by atoms with van der Waals surface area (Å²) in [5, 5.41) is 0. The molecule has 3 rings (SSSR count). The van der Waals surface area contributed by atoms with Crippen LogP contribution in [0.1, 0.15) is 17.9 Å². The van der Waals surface area contributed by atoms with Crippen molar-refractivity contribution in [3.63, 3.8) is 0 Å². The number of hydrogen-bond acceptors (Lipinski definition) is 5. The number of carbonyl (C=O) groups excluding carboxylic acids is 2. The van der Waals surface area contributed by atoms with E-state index < -0.39 is 0 Å². The summed E-state index contributed by atoms with van der Waals surface area (Å²) in [7, 11) is 3.00. The molecule has 2 aliphatic heterocycles. The predicted octanol–water partition coefficient (Wildman–Crippen LogP) is 1.79. The third-order valence-corrected chi connectivity index (χ3v) is 4.59. The van der Waals surface area contributed by atoms with Crippen LogP contribution in [0.4, 0.5) is 4.79 Å². The summed E-state index contributed by atoms with van der Waals surface area (Å²) < 4.78 is 15.4. The standard InChI is InChI=1S/C16H19NO5/c1-20-14-6-4-3-5-10(14)12-8-17-13(9-22-16(17)19)11(12)7-15(18)21-2/h3-6,11-13H,7-9H2,1-2H3/t11-,12+,13+/m0/s1. The zero-order valence-electron chi connectivity index (χ0n) is 12.7. The van der Waals surface area contributed by atoms with Gasteiger partial charge in [0, 0.05) is 18.4 Å². The van der Waals surface area contributed by atoms with E-state index in [1.165, 1.54) is 7.11 Å². The summed E-state index contributed by atoms with van der Waals surface area (Å²) in [4.78, 5) is 25.3. The van der Waals surface area contributed by atoms with Crippen molar-refractivity contribution in [3.05, 3.63) is 29.8 Å². The summed E-state index contributed by atoms with van der Waals surface area (Å²) in [6, 6.07) is 7.64. The van der Waals surface area contributed by atoms with Crippen molar-refractivity contribution in [1.82, 2.24) is 4.90 Å². The fourth-order valence-electron chi connectivity index (χ4n) is 3.50. The number of methoxy groups -OCH3 is 2. The first-order valence-corrected chi connectivity index (χ1v) is 7.28. The Kier molecular flexibility index (Phi) is 3.92. The number of fused-ring (bicyclic) bond motifs is 1. The molecular formula is C16H19NO5. The molecule has 0 spiro atoms. The van der Waals surface area contributed by atoms with Gasteiger partial charge in [-0.25, -0.2) is 4.79 Å².